The monoisotopic (exact) mass is 553 g/mol. The summed E-state index contributed by atoms with van der Waals surface area (Å²) in [5.41, 5.74) is -0.246. The molecule has 2 saturated heterocycles. The molecule has 2 fully saturated rings. The molecule has 188 valence electrons. The van der Waals surface area contributed by atoms with E-state index in [-0.39, 0.29) is 12.3 Å². The number of aliphatic carboxylic acids is 1. The number of imide groups is 1. The summed E-state index contributed by atoms with van der Waals surface area (Å²) < 4.78 is 6.34. The first-order valence-corrected chi connectivity index (χ1v) is 12.6. The van der Waals surface area contributed by atoms with Crippen LogP contribution in [0, 0.1) is 11.8 Å². The SMILES string of the molecule is COc1ccc(Br)cc1C1NC(Cc2c[nH]c3ccccc23)(C(=O)O)C2C(=O)N(C(C)(C)C)C(=O)C12. The van der Waals surface area contributed by atoms with Crippen LogP contribution in [-0.2, 0) is 20.8 Å². The topological polar surface area (TPSA) is 112 Å². The Balaban J connectivity index is 1.71. The summed E-state index contributed by atoms with van der Waals surface area (Å²) in [6.45, 7) is 5.36. The Hall–Kier alpha value is -3.17. The molecular weight excluding hydrogens is 526 g/mol. The quantitative estimate of drug-likeness (QED) is 0.411. The van der Waals surface area contributed by atoms with Gasteiger partial charge in [0.15, 0.2) is 0 Å². The molecule has 4 atom stereocenters. The molecule has 0 bridgehead atoms. The molecule has 0 saturated carbocycles. The number of amides is 2. The fourth-order valence-electron chi connectivity index (χ4n) is 5.89. The second kappa shape index (κ2) is 8.45. The third-order valence-electron chi connectivity index (χ3n) is 7.38. The van der Waals surface area contributed by atoms with E-state index in [0.29, 0.717) is 11.3 Å². The number of nitrogens with one attached hydrogen (secondary N) is 2. The lowest BCUT2D eigenvalue weighted by Gasteiger charge is -2.35. The minimum Gasteiger partial charge on any atom is -0.496 e. The number of halogens is 1. The Bertz CT molecular complexity index is 1390. The van der Waals surface area contributed by atoms with Crippen LogP contribution in [0.2, 0.25) is 0 Å². The lowest BCUT2D eigenvalue weighted by molar-refractivity contribution is -0.153. The van der Waals surface area contributed by atoms with Crippen LogP contribution in [0.15, 0.2) is 53.1 Å². The van der Waals surface area contributed by atoms with E-state index in [1.165, 1.54) is 12.0 Å². The van der Waals surface area contributed by atoms with Crippen LogP contribution >= 0.6 is 15.9 Å². The number of aromatic amines is 1. The number of methoxy groups -OCH3 is 1. The van der Waals surface area contributed by atoms with Crippen molar-refractivity contribution in [2.24, 2.45) is 11.8 Å². The summed E-state index contributed by atoms with van der Waals surface area (Å²) in [5, 5.41) is 14.9. The lowest BCUT2D eigenvalue weighted by atomic mass is 9.76. The largest absolute Gasteiger partial charge is 0.496 e. The highest BCUT2D eigenvalue weighted by Crippen LogP contribution is 2.53. The third kappa shape index (κ3) is 3.56. The number of hydrogen-bond acceptors (Lipinski definition) is 5. The minimum absolute atomic E-state index is 0.0251. The molecule has 1 aromatic heterocycles. The fourth-order valence-corrected chi connectivity index (χ4v) is 6.27. The summed E-state index contributed by atoms with van der Waals surface area (Å²) in [7, 11) is 1.53. The van der Waals surface area contributed by atoms with Gasteiger partial charge in [0.2, 0.25) is 11.8 Å². The molecule has 9 heteroatoms. The second-order valence-electron chi connectivity index (χ2n) is 10.5. The zero-order valence-corrected chi connectivity index (χ0v) is 22.0. The molecule has 0 radical (unpaired) electrons. The molecule has 0 spiro atoms. The Morgan fingerprint density at radius 3 is 2.56 bits per heavy atom. The van der Waals surface area contributed by atoms with E-state index in [9.17, 15) is 19.5 Å². The fraction of sp³-hybridized carbons (Fsp3) is 0.370. The van der Waals surface area contributed by atoms with Gasteiger partial charge in [-0.1, -0.05) is 34.1 Å². The van der Waals surface area contributed by atoms with Crippen molar-refractivity contribution in [2.45, 2.75) is 44.3 Å². The van der Waals surface area contributed by atoms with Crippen molar-refractivity contribution in [3.05, 3.63) is 64.3 Å². The molecule has 0 aliphatic carbocycles. The number of H-pyrrole nitrogens is 1. The number of carbonyl (C=O) groups is 3. The summed E-state index contributed by atoms with van der Waals surface area (Å²) in [6, 6.07) is 12.3. The van der Waals surface area contributed by atoms with Crippen molar-refractivity contribution in [3.63, 3.8) is 0 Å². The molecule has 8 nitrogen and oxygen atoms in total. The van der Waals surface area contributed by atoms with Gasteiger partial charge in [0.1, 0.15) is 11.3 Å². The number of para-hydroxylation sites is 1. The number of rotatable bonds is 5. The molecule has 3 heterocycles. The maximum absolute atomic E-state index is 13.9. The van der Waals surface area contributed by atoms with Gasteiger partial charge >= 0.3 is 5.97 Å². The Labute approximate surface area is 217 Å². The van der Waals surface area contributed by atoms with Gasteiger partial charge in [0.25, 0.3) is 0 Å². The van der Waals surface area contributed by atoms with E-state index >= 15 is 0 Å². The molecule has 3 N–H and O–H groups in total. The number of aromatic nitrogens is 1. The van der Waals surface area contributed by atoms with Crippen molar-refractivity contribution in [1.82, 2.24) is 15.2 Å². The van der Waals surface area contributed by atoms with E-state index in [2.05, 4.69) is 26.2 Å². The summed E-state index contributed by atoms with van der Waals surface area (Å²) in [4.78, 5) is 45.3. The number of ether oxygens (including phenoxy) is 1. The number of carbonyl (C=O) groups excluding carboxylic acids is 2. The predicted octanol–water partition coefficient (Wildman–Crippen LogP) is 4.05. The number of carboxylic acids is 1. The number of nitrogens with zero attached hydrogens (tertiary/aromatic N) is 1. The number of hydrogen-bond donors (Lipinski definition) is 3. The normalized spacial score (nSPS) is 26.0. The molecule has 5 rings (SSSR count). The molecule has 2 aliphatic rings. The molecule has 2 aliphatic heterocycles. The Kier molecular flexibility index (Phi) is 5.76. The van der Waals surface area contributed by atoms with Crippen molar-refractivity contribution < 1.29 is 24.2 Å². The van der Waals surface area contributed by atoms with Crippen molar-refractivity contribution in [1.29, 1.82) is 0 Å². The minimum atomic E-state index is -1.71. The summed E-state index contributed by atoms with van der Waals surface area (Å²) >= 11 is 3.48. The summed E-state index contributed by atoms with van der Waals surface area (Å²) in [6.07, 6.45) is 1.80. The van der Waals surface area contributed by atoms with Crippen LogP contribution in [0.5, 0.6) is 5.75 Å². The van der Waals surface area contributed by atoms with Crippen LogP contribution in [0.4, 0.5) is 0 Å². The van der Waals surface area contributed by atoms with Crippen molar-refractivity contribution in [3.8, 4) is 5.75 Å². The molecule has 36 heavy (non-hydrogen) atoms. The predicted molar refractivity (Wildman–Crippen MR) is 138 cm³/mol. The Morgan fingerprint density at radius 2 is 1.89 bits per heavy atom. The first-order chi connectivity index (χ1) is 17.0. The molecular formula is C27H28BrN3O5. The number of fused-ring (bicyclic) bond motifs is 2. The van der Waals surface area contributed by atoms with Crippen LogP contribution in [0.3, 0.4) is 0 Å². The third-order valence-corrected chi connectivity index (χ3v) is 7.87. The first kappa shape index (κ1) is 24.5. The van der Waals surface area contributed by atoms with Gasteiger partial charge in [0, 0.05) is 45.1 Å². The lowest BCUT2D eigenvalue weighted by Crippen LogP contribution is -2.58. The van der Waals surface area contributed by atoms with Gasteiger partial charge in [-0.2, -0.15) is 0 Å². The highest BCUT2D eigenvalue weighted by molar-refractivity contribution is 9.10. The second-order valence-corrected chi connectivity index (χ2v) is 11.4. The first-order valence-electron chi connectivity index (χ1n) is 11.8. The Morgan fingerprint density at radius 1 is 1.17 bits per heavy atom. The van der Waals surface area contributed by atoms with Crippen LogP contribution in [-0.4, -0.2) is 51.0 Å². The molecule has 2 aromatic carbocycles. The van der Waals surface area contributed by atoms with Crippen molar-refractivity contribution in [2.75, 3.05) is 7.11 Å². The number of likely N-dealkylation sites (tertiary alicyclic amines) is 1. The number of carboxylic acid groups (broad SMARTS) is 1. The van der Waals surface area contributed by atoms with Gasteiger partial charge in [-0.05, 0) is 50.6 Å². The van der Waals surface area contributed by atoms with E-state index in [0.717, 1.165) is 20.9 Å². The summed E-state index contributed by atoms with van der Waals surface area (Å²) in [5.74, 6) is -3.50. The van der Waals surface area contributed by atoms with E-state index in [1.807, 2.05) is 36.4 Å². The maximum Gasteiger partial charge on any atom is 0.325 e. The van der Waals surface area contributed by atoms with E-state index in [4.69, 9.17) is 4.74 Å². The standard InChI is InChI=1S/C27H28BrN3O5/c1-26(2,3)31-23(32)20-21(24(31)33)27(25(34)35,12-14-13-29-18-8-6-5-7-16(14)18)30-22(20)17-11-15(28)9-10-19(17)36-4/h5-11,13,20-22,29-30H,12H2,1-4H3,(H,34,35). The van der Waals surface area contributed by atoms with Crippen LogP contribution in [0.25, 0.3) is 10.9 Å². The highest BCUT2D eigenvalue weighted by Gasteiger charge is 2.69. The van der Waals surface area contributed by atoms with E-state index < -0.39 is 40.8 Å². The van der Waals surface area contributed by atoms with Gasteiger partial charge < -0.3 is 14.8 Å². The van der Waals surface area contributed by atoms with Crippen LogP contribution < -0.4 is 10.1 Å². The zero-order chi connectivity index (χ0) is 26.0. The average molecular weight is 554 g/mol. The van der Waals surface area contributed by atoms with Gasteiger partial charge in [-0.3, -0.25) is 24.6 Å². The zero-order valence-electron chi connectivity index (χ0n) is 20.5. The number of benzene rings is 2. The average Bonchev–Trinajstić information content (AvgIpc) is 3.46. The van der Waals surface area contributed by atoms with E-state index in [1.54, 1.807) is 33.0 Å². The van der Waals surface area contributed by atoms with Gasteiger partial charge in [0.05, 0.1) is 18.9 Å². The van der Waals surface area contributed by atoms with Gasteiger partial charge in [-0.15, -0.1) is 0 Å². The van der Waals surface area contributed by atoms with Gasteiger partial charge in [-0.25, -0.2) is 0 Å². The molecule has 3 aromatic rings. The molecule has 4 unspecified atom stereocenters. The van der Waals surface area contributed by atoms with Crippen molar-refractivity contribution >= 4 is 44.6 Å². The highest BCUT2D eigenvalue weighted by atomic mass is 79.9. The molecule has 2 amide bonds. The smallest absolute Gasteiger partial charge is 0.325 e. The maximum atomic E-state index is 13.9. The van der Waals surface area contributed by atoms with Crippen LogP contribution in [0.1, 0.15) is 37.9 Å².